The summed E-state index contributed by atoms with van der Waals surface area (Å²) in [4.78, 5) is 21.9. The second-order valence-electron chi connectivity index (χ2n) is 3.95. The van der Waals surface area contributed by atoms with Crippen molar-refractivity contribution < 1.29 is 19.4 Å². The monoisotopic (exact) mass is 232 g/mol. The largest absolute Gasteiger partial charge is 0.479 e. The van der Waals surface area contributed by atoms with Gasteiger partial charge in [-0.15, -0.1) is 0 Å². The van der Waals surface area contributed by atoms with E-state index in [4.69, 9.17) is 5.11 Å². The quantitative estimate of drug-likeness (QED) is 0.619. The van der Waals surface area contributed by atoms with Crippen LogP contribution in [0.5, 0.6) is 0 Å². The van der Waals surface area contributed by atoms with E-state index < -0.39 is 12.1 Å². The van der Waals surface area contributed by atoms with Crippen LogP contribution in [0, 0.1) is 5.92 Å². The fraction of sp³-hybridized carbons (Fsp3) is 0.800. The number of amides is 2. The van der Waals surface area contributed by atoms with E-state index in [-0.39, 0.29) is 18.6 Å². The van der Waals surface area contributed by atoms with Gasteiger partial charge in [-0.1, -0.05) is 13.8 Å². The molecule has 0 radical (unpaired) electrons. The second kappa shape index (κ2) is 7.05. The van der Waals surface area contributed by atoms with E-state index >= 15 is 0 Å². The first-order valence-corrected chi connectivity index (χ1v) is 5.18. The topological polar surface area (TPSA) is 87.7 Å². The van der Waals surface area contributed by atoms with Gasteiger partial charge in [0.25, 0.3) is 0 Å². The predicted octanol–water partition coefficient (Wildman–Crippen LogP) is 0.430. The molecule has 0 aromatic rings. The van der Waals surface area contributed by atoms with Gasteiger partial charge in [0.05, 0.1) is 6.54 Å². The Morgan fingerprint density at radius 2 is 1.88 bits per heavy atom. The molecule has 6 nitrogen and oxygen atoms in total. The van der Waals surface area contributed by atoms with E-state index in [0.29, 0.717) is 5.92 Å². The van der Waals surface area contributed by atoms with Crippen LogP contribution in [0.25, 0.3) is 0 Å². The number of carboxylic acid groups (broad SMARTS) is 1. The third-order valence-electron chi connectivity index (χ3n) is 2.37. The number of carbonyl (C=O) groups excluding carboxylic acids is 1. The first-order chi connectivity index (χ1) is 7.38. The van der Waals surface area contributed by atoms with E-state index in [9.17, 15) is 9.59 Å². The number of aliphatic carboxylic acids is 1. The van der Waals surface area contributed by atoms with Crippen LogP contribution >= 0.6 is 0 Å². The molecule has 0 aromatic carbocycles. The summed E-state index contributed by atoms with van der Waals surface area (Å²) < 4.78 is 4.67. The van der Waals surface area contributed by atoms with Gasteiger partial charge < -0.3 is 20.5 Å². The molecule has 2 unspecified atom stereocenters. The zero-order valence-corrected chi connectivity index (χ0v) is 10.1. The summed E-state index contributed by atoms with van der Waals surface area (Å²) >= 11 is 0. The fourth-order valence-corrected chi connectivity index (χ4v) is 0.881. The second-order valence-corrected chi connectivity index (χ2v) is 3.95. The van der Waals surface area contributed by atoms with Gasteiger partial charge in [0.1, 0.15) is 0 Å². The van der Waals surface area contributed by atoms with Crippen molar-refractivity contribution >= 4 is 12.0 Å². The Balaban J connectivity index is 3.93. The molecular formula is C10H20N2O4. The highest BCUT2D eigenvalue weighted by molar-refractivity contribution is 5.77. The molecule has 2 amide bonds. The van der Waals surface area contributed by atoms with Gasteiger partial charge in [-0.05, 0) is 12.8 Å². The van der Waals surface area contributed by atoms with Crippen molar-refractivity contribution in [3.8, 4) is 0 Å². The molecule has 94 valence electrons. The SMILES string of the molecule is COC(CNC(=O)NC(C)C(C)C)C(=O)O. The number of hydrogen-bond acceptors (Lipinski definition) is 3. The van der Waals surface area contributed by atoms with Crippen molar-refractivity contribution in [3.63, 3.8) is 0 Å². The minimum atomic E-state index is -1.10. The van der Waals surface area contributed by atoms with Gasteiger partial charge >= 0.3 is 12.0 Å². The maximum atomic E-state index is 11.3. The van der Waals surface area contributed by atoms with Gasteiger partial charge in [0.15, 0.2) is 6.10 Å². The Kier molecular flexibility index (Phi) is 6.48. The Morgan fingerprint density at radius 1 is 1.31 bits per heavy atom. The smallest absolute Gasteiger partial charge is 0.334 e. The summed E-state index contributed by atoms with van der Waals surface area (Å²) in [7, 11) is 1.29. The van der Waals surface area contributed by atoms with Gasteiger partial charge in [-0.25, -0.2) is 9.59 Å². The van der Waals surface area contributed by atoms with Crippen molar-refractivity contribution in [3.05, 3.63) is 0 Å². The van der Waals surface area contributed by atoms with Crippen LogP contribution in [-0.4, -0.2) is 42.9 Å². The number of rotatable bonds is 6. The van der Waals surface area contributed by atoms with E-state index in [1.165, 1.54) is 7.11 Å². The predicted molar refractivity (Wildman–Crippen MR) is 59.3 cm³/mol. The minimum absolute atomic E-state index is 0.0332. The van der Waals surface area contributed by atoms with Crippen LogP contribution in [0.3, 0.4) is 0 Å². The summed E-state index contributed by atoms with van der Waals surface area (Å²) in [5, 5.41) is 13.8. The molecule has 0 bridgehead atoms. The number of urea groups is 1. The van der Waals surface area contributed by atoms with E-state index in [0.717, 1.165) is 0 Å². The van der Waals surface area contributed by atoms with Crippen molar-refractivity contribution in [2.75, 3.05) is 13.7 Å². The molecule has 0 saturated carbocycles. The van der Waals surface area contributed by atoms with Crippen molar-refractivity contribution in [2.45, 2.75) is 32.9 Å². The average molecular weight is 232 g/mol. The van der Waals surface area contributed by atoms with Crippen molar-refractivity contribution in [2.24, 2.45) is 5.92 Å². The first-order valence-electron chi connectivity index (χ1n) is 5.18. The van der Waals surface area contributed by atoms with Gasteiger partial charge in [-0.3, -0.25) is 0 Å². The molecule has 0 spiro atoms. The number of carbonyl (C=O) groups is 2. The molecule has 0 heterocycles. The lowest BCUT2D eigenvalue weighted by Crippen LogP contribution is -2.46. The minimum Gasteiger partial charge on any atom is -0.479 e. The molecule has 16 heavy (non-hydrogen) atoms. The van der Waals surface area contributed by atoms with E-state index in [1.54, 1.807) is 0 Å². The summed E-state index contributed by atoms with van der Waals surface area (Å²) in [6, 6.07) is -0.352. The number of methoxy groups -OCH3 is 1. The fourth-order valence-electron chi connectivity index (χ4n) is 0.881. The molecule has 0 fully saturated rings. The Hall–Kier alpha value is -1.30. The normalized spacial score (nSPS) is 14.3. The molecule has 0 aliphatic heterocycles. The van der Waals surface area contributed by atoms with Crippen molar-refractivity contribution in [1.29, 1.82) is 0 Å². The molecule has 0 rings (SSSR count). The number of nitrogens with one attached hydrogen (secondary N) is 2. The molecule has 2 atom stereocenters. The lowest BCUT2D eigenvalue weighted by Gasteiger charge is -2.18. The van der Waals surface area contributed by atoms with Gasteiger partial charge in [0, 0.05) is 13.2 Å². The van der Waals surface area contributed by atoms with Crippen LogP contribution in [0.15, 0.2) is 0 Å². The van der Waals surface area contributed by atoms with Crippen molar-refractivity contribution in [1.82, 2.24) is 10.6 Å². The van der Waals surface area contributed by atoms with E-state index in [1.807, 2.05) is 20.8 Å². The molecule has 0 aliphatic carbocycles. The summed E-state index contributed by atoms with van der Waals surface area (Å²) in [5.41, 5.74) is 0. The highest BCUT2D eigenvalue weighted by atomic mass is 16.5. The maximum absolute atomic E-state index is 11.3. The van der Waals surface area contributed by atoms with Crippen LogP contribution < -0.4 is 10.6 Å². The van der Waals surface area contributed by atoms with Gasteiger partial charge in [0.2, 0.25) is 0 Å². The first kappa shape index (κ1) is 14.7. The molecular weight excluding hydrogens is 212 g/mol. The van der Waals surface area contributed by atoms with Crippen LogP contribution in [0.1, 0.15) is 20.8 Å². The lowest BCUT2D eigenvalue weighted by molar-refractivity contribution is -0.147. The average Bonchev–Trinajstić information content (AvgIpc) is 2.17. The highest BCUT2D eigenvalue weighted by Crippen LogP contribution is 1.98. The highest BCUT2D eigenvalue weighted by Gasteiger charge is 2.18. The number of carboxylic acids is 1. The molecule has 0 saturated heterocycles. The molecule has 0 aromatic heterocycles. The Bertz CT molecular complexity index is 243. The third-order valence-corrected chi connectivity index (χ3v) is 2.37. The number of ether oxygens (including phenoxy) is 1. The van der Waals surface area contributed by atoms with Crippen LogP contribution in [-0.2, 0) is 9.53 Å². The Morgan fingerprint density at radius 3 is 2.25 bits per heavy atom. The summed E-state index contributed by atoms with van der Waals surface area (Å²) in [6.07, 6.45) is -1.01. The van der Waals surface area contributed by atoms with Crippen LogP contribution in [0.4, 0.5) is 4.79 Å². The Labute approximate surface area is 95.4 Å². The summed E-state index contributed by atoms with van der Waals surface area (Å²) in [5.74, 6) is -0.775. The van der Waals surface area contributed by atoms with Crippen LogP contribution in [0.2, 0.25) is 0 Å². The molecule has 3 N–H and O–H groups in total. The van der Waals surface area contributed by atoms with Gasteiger partial charge in [-0.2, -0.15) is 0 Å². The zero-order valence-electron chi connectivity index (χ0n) is 10.1. The summed E-state index contributed by atoms with van der Waals surface area (Å²) in [6.45, 7) is 5.80. The lowest BCUT2D eigenvalue weighted by atomic mass is 10.1. The third kappa shape index (κ3) is 5.55. The van der Waals surface area contributed by atoms with E-state index in [2.05, 4.69) is 15.4 Å². The maximum Gasteiger partial charge on any atom is 0.334 e. The molecule has 0 aliphatic rings. The molecule has 6 heteroatoms. The standard InChI is InChI=1S/C10H20N2O4/c1-6(2)7(3)12-10(15)11-5-8(16-4)9(13)14/h6-8H,5H2,1-4H3,(H,13,14)(H2,11,12,15). The number of hydrogen-bond donors (Lipinski definition) is 3. The zero-order chi connectivity index (χ0) is 12.7.